The highest BCUT2D eigenvalue weighted by molar-refractivity contribution is 6.06. The van der Waals surface area contributed by atoms with Crippen molar-refractivity contribution in [2.75, 3.05) is 5.32 Å². The molecule has 3 heterocycles. The fraction of sp³-hybridized carbons (Fsp3) is 0.577. The van der Waals surface area contributed by atoms with Gasteiger partial charge in [0.15, 0.2) is 0 Å². The Morgan fingerprint density at radius 1 is 1.06 bits per heavy atom. The molecule has 6 rings (SSSR count). The van der Waals surface area contributed by atoms with Gasteiger partial charge in [-0.05, 0) is 62.5 Å². The maximum atomic E-state index is 13.2. The van der Waals surface area contributed by atoms with Crippen LogP contribution in [-0.4, -0.2) is 49.9 Å². The maximum absolute atomic E-state index is 13.2. The van der Waals surface area contributed by atoms with Crippen LogP contribution in [0.5, 0.6) is 0 Å². The van der Waals surface area contributed by atoms with Crippen LogP contribution < -0.4 is 10.6 Å². The van der Waals surface area contributed by atoms with Crippen molar-refractivity contribution >= 4 is 23.4 Å². The van der Waals surface area contributed by atoms with Crippen molar-refractivity contribution in [1.82, 2.24) is 25.4 Å². The molecule has 1 aromatic carbocycles. The fourth-order valence-electron chi connectivity index (χ4n) is 6.21. The van der Waals surface area contributed by atoms with E-state index in [-0.39, 0.29) is 24.1 Å². The van der Waals surface area contributed by atoms with E-state index in [1.54, 1.807) is 11.2 Å². The van der Waals surface area contributed by atoms with Crippen LogP contribution >= 0.6 is 0 Å². The number of amides is 3. The van der Waals surface area contributed by atoms with Crippen LogP contribution in [0.4, 0.5) is 5.69 Å². The zero-order chi connectivity index (χ0) is 23.9. The molecule has 2 aromatic rings. The molecule has 9 nitrogen and oxygen atoms in total. The van der Waals surface area contributed by atoms with Gasteiger partial charge < -0.3 is 10.2 Å². The molecule has 2 aliphatic carbocycles. The summed E-state index contributed by atoms with van der Waals surface area (Å²) in [5.74, 6) is 2.07. The second kappa shape index (κ2) is 9.09. The van der Waals surface area contributed by atoms with E-state index in [1.807, 2.05) is 12.1 Å². The summed E-state index contributed by atoms with van der Waals surface area (Å²) < 4.78 is 0. The number of H-pyrrole nitrogens is 1. The van der Waals surface area contributed by atoms with Gasteiger partial charge >= 0.3 is 0 Å². The molecule has 0 radical (unpaired) electrons. The van der Waals surface area contributed by atoms with Crippen LogP contribution in [0.15, 0.2) is 24.5 Å². The van der Waals surface area contributed by atoms with Crippen molar-refractivity contribution in [2.24, 2.45) is 11.8 Å². The second-order valence-corrected chi connectivity index (χ2v) is 10.6. The number of carbonyl (C=O) groups is 3. The first-order valence-corrected chi connectivity index (χ1v) is 12.9. The fourth-order valence-corrected chi connectivity index (χ4v) is 6.21. The average Bonchev–Trinajstić information content (AvgIpc) is 3.38. The number of aromatic amines is 1. The number of rotatable bonds is 7. The predicted molar refractivity (Wildman–Crippen MR) is 128 cm³/mol. The Hall–Kier alpha value is -3.23. The minimum Gasteiger partial charge on any atom is -0.382 e. The average molecular weight is 477 g/mol. The van der Waals surface area contributed by atoms with E-state index in [0.717, 1.165) is 55.1 Å². The molecule has 1 aromatic heterocycles. The minimum absolute atomic E-state index is 0.121. The molecule has 184 valence electrons. The van der Waals surface area contributed by atoms with Crippen LogP contribution in [0.3, 0.4) is 0 Å². The van der Waals surface area contributed by atoms with Gasteiger partial charge in [0.2, 0.25) is 11.8 Å². The molecule has 1 saturated heterocycles. The van der Waals surface area contributed by atoms with E-state index >= 15 is 0 Å². The number of carbonyl (C=O) groups excluding carboxylic acids is 3. The van der Waals surface area contributed by atoms with E-state index in [9.17, 15) is 14.4 Å². The number of nitrogens with one attached hydrogen (secondary N) is 3. The molecular weight excluding hydrogens is 444 g/mol. The summed E-state index contributed by atoms with van der Waals surface area (Å²) in [6.45, 7) is 0.401. The van der Waals surface area contributed by atoms with Crippen molar-refractivity contribution in [2.45, 2.75) is 82.3 Å². The Morgan fingerprint density at radius 2 is 1.89 bits per heavy atom. The van der Waals surface area contributed by atoms with Gasteiger partial charge in [0.05, 0.1) is 0 Å². The Labute approximate surface area is 204 Å². The highest BCUT2D eigenvalue weighted by Crippen LogP contribution is 2.42. The molecule has 2 aliphatic heterocycles. The summed E-state index contributed by atoms with van der Waals surface area (Å²) >= 11 is 0. The third-order valence-corrected chi connectivity index (χ3v) is 8.37. The third kappa shape index (κ3) is 4.44. The maximum Gasteiger partial charge on any atom is 0.255 e. The van der Waals surface area contributed by atoms with Gasteiger partial charge in [-0.3, -0.25) is 24.8 Å². The molecule has 9 heteroatoms. The number of piperidine rings is 1. The van der Waals surface area contributed by atoms with Crippen LogP contribution in [-0.2, 0) is 16.1 Å². The van der Waals surface area contributed by atoms with E-state index in [4.69, 9.17) is 0 Å². The lowest BCUT2D eigenvalue weighted by atomic mass is 9.77. The molecule has 0 unspecified atom stereocenters. The van der Waals surface area contributed by atoms with Crippen LogP contribution in [0.25, 0.3) is 0 Å². The predicted octanol–water partition coefficient (Wildman–Crippen LogP) is 3.12. The standard InChI is InChI=1S/C26H32N6O3/c33-23-11-10-22(25(34)30-23)32-13-19-18(26(32)35)2-1-3-20(19)29-21(12-15-4-5-15)16-6-8-17(9-7-16)24-27-14-28-31-24/h1-3,14-17,21-22,29H,4-13H2,(H,27,28,31)(H,30,33,34)/t16?,17?,21-,22-/m1/s1. The largest absolute Gasteiger partial charge is 0.382 e. The highest BCUT2D eigenvalue weighted by Gasteiger charge is 2.40. The van der Waals surface area contributed by atoms with Gasteiger partial charge in [0.1, 0.15) is 18.2 Å². The quantitative estimate of drug-likeness (QED) is 0.528. The Bertz CT molecular complexity index is 1120. The Morgan fingerprint density at radius 3 is 2.60 bits per heavy atom. The normalized spacial score (nSPS) is 27.5. The summed E-state index contributed by atoms with van der Waals surface area (Å²) in [6, 6.07) is 5.63. The van der Waals surface area contributed by atoms with Crippen LogP contribution in [0.2, 0.25) is 0 Å². The number of hydrogen-bond acceptors (Lipinski definition) is 6. The van der Waals surface area contributed by atoms with Crippen molar-refractivity contribution in [3.8, 4) is 0 Å². The Kier molecular flexibility index (Phi) is 5.78. The Balaban J connectivity index is 1.18. The molecule has 0 bridgehead atoms. The lowest BCUT2D eigenvalue weighted by molar-refractivity contribution is -0.136. The zero-order valence-corrected chi connectivity index (χ0v) is 19.8. The van der Waals surface area contributed by atoms with E-state index in [2.05, 4.69) is 31.9 Å². The van der Waals surface area contributed by atoms with Crippen molar-refractivity contribution < 1.29 is 14.4 Å². The van der Waals surface area contributed by atoms with Gasteiger partial charge in [-0.2, -0.15) is 5.10 Å². The molecule has 3 amide bonds. The van der Waals surface area contributed by atoms with Crippen molar-refractivity contribution in [1.29, 1.82) is 0 Å². The first kappa shape index (κ1) is 22.2. The molecular formula is C26H32N6O3. The third-order valence-electron chi connectivity index (χ3n) is 8.37. The summed E-state index contributed by atoms with van der Waals surface area (Å²) in [5, 5.41) is 13.3. The molecule has 2 saturated carbocycles. The first-order valence-electron chi connectivity index (χ1n) is 12.9. The molecule has 3 N–H and O–H groups in total. The van der Waals surface area contributed by atoms with E-state index < -0.39 is 6.04 Å². The van der Waals surface area contributed by atoms with Gasteiger partial charge in [-0.25, -0.2) is 4.98 Å². The van der Waals surface area contributed by atoms with Gasteiger partial charge in [-0.15, -0.1) is 0 Å². The van der Waals surface area contributed by atoms with Crippen molar-refractivity contribution in [3.63, 3.8) is 0 Å². The molecule has 35 heavy (non-hydrogen) atoms. The number of anilines is 1. The molecule has 0 spiro atoms. The van der Waals surface area contributed by atoms with E-state index in [0.29, 0.717) is 36.4 Å². The smallest absolute Gasteiger partial charge is 0.255 e. The SMILES string of the molecule is O=C1CC[C@@H](N2Cc3c(N[C@H](CC4CC4)C4CCC(c5ncn[nH]5)CC4)cccc3C2=O)C(=O)N1. The molecule has 4 aliphatic rings. The lowest BCUT2D eigenvalue weighted by Gasteiger charge is -2.35. The first-order chi connectivity index (χ1) is 17.1. The number of hydrogen-bond donors (Lipinski definition) is 3. The molecule has 2 atom stereocenters. The number of benzene rings is 1. The van der Waals surface area contributed by atoms with Crippen molar-refractivity contribution in [3.05, 3.63) is 41.5 Å². The van der Waals surface area contributed by atoms with Crippen LogP contribution in [0.1, 0.15) is 85.5 Å². The van der Waals surface area contributed by atoms with Crippen LogP contribution in [0, 0.1) is 11.8 Å². The number of imide groups is 1. The highest BCUT2D eigenvalue weighted by atomic mass is 16.2. The number of nitrogens with zero attached hydrogens (tertiary/aromatic N) is 3. The zero-order valence-electron chi connectivity index (χ0n) is 19.8. The summed E-state index contributed by atoms with van der Waals surface area (Å²) in [5.41, 5.74) is 2.64. The summed E-state index contributed by atoms with van der Waals surface area (Å²) in [6.07, 6.45) is 10.5. The molecule has 3 fully saturated rings. The number of fused-ring (bicyclic) bond motifs is 1. The second-order valence-electron chi connectivity index (χ2n) is 10.6. The summed E-state index contributed by atoms with van der Waals surface area (Å²) in [7, 11) is 0. The topological polar surface area (TPSA) is 120 Å². The van der Waals surface area contributed by atoms with Gasteiger partial charge in [0.25, 0.3) is 5.91 Å². The van der Waals surface area contributed by atoms with Gasteiger partial charge in [-0.1, -0.05) is 18.9 Å². The van der Waals surface area contributed by atoms with E-state index in [1.165, 1.54) is 12.8 Å². The summed E-state index contributed by atoms with van der Waals surface area (Å²) in [4.78, 5) is 43.3. The lowest BCUT2D eigenvalue weighted by Crippen LogP contribution is -2.52. The monoisotopic (exact) mass is 476 g/mol. The van der Waals surface area contributed by atoms with Gasteiger partial charge in [0, 0.05) is 41.7 Å². The number of aromatic nitrogens is 3. The minimum atomic E-state index is -0.589.